The molecule has 1 atom stereocenters. The molecule has 0 aromatic heterocycles. The third-order valence-electron chi connectivity index (χ3n) is 4.93. The number of hydrogen-bond acceptors (Lipinski definition) is 3. The van der Waals surface area contributed by atoms with Crippen LogP contribution in [0.3, 0.4) is 0 Å². The Morgan fingerprint density at radius 3 is 2.30 bits per heavy atom. The molecule has 0 fully saturated rings. The first kappa shape index (κ1) is 18.4. The summed E-state index contributed by atoms with van der Waals surface area (Å²) in [6, 6.07) is 6.68. The highest BCUT2D eigenvalue weighted by Crippen LogP contribution is 2.41. The van der Waals surface area contributed by atoms with Crippen LogP contribution in [0.4, 0.5) is 0 Å². The monoisotopic (exact) mass is 320 g/mol. The Balaban J connectivity index is 2.47. The Bertz CT molecular complexity index is 516. The van der Waals surface area contributed by atoms with E-state index in [1.807, 2.05) is 27.7 Å². The molecule has 0 saturated carbocycles. The number of rotatable bonds is 8. The van der Waals surface area contributed by atoms with Crippen LogP contribution < -0.4 is 0 Å². The minimum absolute atomic E-state index is 0.167. The van der Waals surface area contributed by atoms with Gasteiger partial charge in [0.2, 0.25) is 5.79 Å². The van der Waals surface area contributed by atoms with E-state index < -0.39 is 5.79 Å². The van der Waals surface area contributed by atoms with Crippen LogP contribution in [0.15, 0.2) is 18.2 Å². The third-order valence-corrected chi connectivity index (χ3v) is 4.93. The normalized spacial score (nSPS) is 18.0. The van der Waals surface area contributed by atoms with Gasteiger partial charge in [0.25, 0.3) is 0 Å². The molecule has 0 saturated heterocycles. The maximum absolute atomic E-state index is 6.13. The van der Waals surface area contributed by atoms with E-state index in [1.165, 1.54) is 17.5 Å². The summed E-state index contributed by atoms with van der Waals surface area (Å²) in [6.07, 6.45) is 2.15. The van der Waals surface area contributed by atoms with Crippen LogP contribution in [0.1, 0.15) is 64.7 Å². The standard InChI is InChI=1S/C20H32O3/c1-7-21-15(4)20(22-8-2,23-9-3)17-10-11-18-16(14-17)12-13-19(18,5)6/h10-11,14-15H,7-9,12-13H2,1-6H3. The van der Waals surface area contributed by atoms with E-state index in [1.54, 1.807) is 0 Å². The lowest BCUT2D eigenvalue weighted by molar-refractivity contribution is -0.294. The van der Waals surface area contributed by atoms with Crippen LogP contribution in [0.25, 0.3) is 0 Å². The van der Waals surface area contributed by atoms with Gasteiger partial charge in [0.15, 0.2) is 0 Å². The molecule has 1 unspecified atom stereocenters. The maximum Gasteiger partial charge on any atom is 0.221 e. The third kappa shape index (κ3) is 3.47. The van der Waals surface area contributed by atoms with Crippen molar-refractivity contribution in [2.75, 3.05) is 19.8 Å². The SMILES string of the molecule is CCOC(C)C(OCC)(OCC)c1ccc2c(c1)CCC2(C)C. The molecule has 3 nitrogen and oxygen atoms in total. The number of aryl methyl sites for hydroxylation is 1. The second-order valence-electron chi connectivity index (χ2n) is 6.89. The van der Waals surface area contributed by atoms with Crippen LogP contribution in [-0.2, 0) is 31.8 Å². The highest BCUT2D eigenvalue weighted by molar-refractivity contribution is 5.42. The minimum Gasteiger partial charge on any atom is -0.373 e. The smallest absolute Gasteiger partial charge is 0.221 e. The van der Waals surface area contributed by atoms with Crippen LogP contribution in [0.5, 0.6) is 0 Å². The summed E-state index contributed by atoms with van der Waals surface area (Å²) in [7, 11) is 0. The van der Waals surface area contributed by atoms with Crippen LogP contribution in [0.2, 0.25) is 0 Å². The van der Waals surface area contributed by atoms with Gasteiger partial charge in [-0.2, -0.15) is 0 Å². The van der Waals surface area contributed by atoms with Crippen molar-refractivity contribution in [3.63, 3.8) is 0 Å². The van der Waals surface area contributed by atoms with Crippen molar-refractivity contribution in [2.45, 2.75) is 71.7 Å². The number of benzene rings is 1. The zero-order valence-corrected chi connectivity index (χ0v) is 15.6. The molecule has 1 aliphatic rings. The lowest BCUT2D eigenvalue weighted by Crippen LogP contribution is -2.45. The summed E-state index contributed by atoms with van der Waals surface area (Å²) in [6.45, 7) is 14.5. The van der Waals surface area contributed by atoms with E-state index in [2.05, 4.69) is 32.0 Å². The quantitative estimate of drug-likeness (QED) is 0.657. The Kier molecular flexibility index (Phi) is 5.88. The van der Waals surface area contributed by atoms with Gasteiger partial charge in [-0.15, -0.1) is 0 Å². The van der Waals surface area contributed by atoms with Gasteiger partial charge in [-0.05, 0) is 57.1 Å². The molecule has 0 bridgehead atoms. The highest BCUT2D eigenvalue weighted by atomic mass is 16.7. The summed E-state index contributed by atoms with van der Waals surface area (Å²) in [4.78, 5) is 0. The van der Waals surface area contributed by atoms with Gasteiger partial charge in [0.05, 0.1) is 0 Å². The van der Waals surface area contributed by atoms with E-state index in [-0.39, 0.29) is 11.5 Å². The lowest BCUT2D eigenvalue weighted by Gasteiger charge is -2.38. The molecular weight excluding hydrogens is 288 g/mol. The molecule has 0 amide bonds. The van der Waals surface area contributed by atoms with E-state index in [4.69, 9.17) is 14.2 Å². The molecule has 2 rings (SSSR count). The molecule has 3 heteroatoms. The fourth-order valence-electron chi connectivity index (χ4n) is 3.73. The Morgan fingerprint density at radius 1 is 1.09 bits per heavy atom. The van der Waals surface area contributed by atoms with Crippen molar-refractivity contribution < 1.29 is 14.2 Å². The molecule has 1 aromatic carbocycles. The second-order valence-corrected chi connectivity index (χ2v) is 6.89. The summed E-state index contributed by atoms with van der Waals surface area (Å²) in [5.74, 6) is -0.832. The Hall–Kier alpha value is -0.900. The van der Waals surface area contributed by atoms with Gasteiger partial charge >= 0.3 is 0 Å². The largest absolute Gasteiger partial charge is 0.373 e. The predicted molar refractivity (Wildman–Crippen MR) is 93.8 cm³/mol. The van der Waals surface area contributed by atoms with Gasteiger partial charge in [-0.25, -0.2) is 0 Å². The zero-order chi connectivity index (χ0) is 17.1. The maximum atomic E-state index is 6.13. The average Bonchev–Trinajstić information content (AvgIpc) is 2.82. The summed E-state index contributed by atoms with van der Waals surface area (Å²) in [5.41, 5.74) is 4.20. The minimum atomic E-state index is -0.832. The van der Waals surface area contributed by atoms with Gasteiger partial charge in [0, 0.05) is 25.4 Å². The van der Waals surface area contributed by atoms with E-state index in [0.29, 0.717) is 19.8 Å². The summed E-state index contributed by atoms with van der Waals surface area (Å²) in [5, 5.41) is 0. The van der Waals surface area contributed by atoms with Gasteiger partial charge in [0.1, 0.15) is 6.10 Å². The van der Waals surface area contributed by atoms with Crippen molar-refractivity contribution in [3.05, 3.63) is 34.9 Å². The first-order chi connectivity index (χ1) is 10.9. The van der Waals surface area contributed by atoms with E-state index in [0.717, 1.165) is 12.0 Å². The van der Waals surface area contributed by atoms with Crippen molar-refractivity contribution in [1.29, 1.82) is 0 Å². The van der Waals surface area contributed by atoms with E-state index >= 15 is 0 Å². The lowest BCUT2D eigenvalue weighted by atomic mass is 9.85. The van der Waals surface area contributed by atoms with Crippen LogP contribution in [-0.4, -0.2) is 25.9 Å². The van der Waals surface area contributed by atoms with Crippen molar-refractivity contribution in [1.82, 2.24) is 0 Å². The molecule has 23 heavy (non-hydrogen) atoms. The molecular formula is C20H32O3. The molecule has 130 valence electrons. The number of hydrogen-bond donors (Lipinski definition) is 0. The molecule has 0 N–H and O–H groups in total. The molecule has 0 aliphatic heterocycles. The first-order valence-electron chi connectivity index (χ1n) is 8.94. The summed E-state index contributed by atoms with van der Waals surface area (Å²) >= 11 is 0. The van der Waals surface area contributed by atoms with Crippen LogP contribution in [0, 0.1) is 0 Å². The van der Waals surface area contributed by atoms with E-state index in [9.17, 15) is 0 Å². The number of fused-ring (bicyclic) bond motifs is 1. The van der Waals surface area contributed by atoms with Crippen molar-refractivity contribution >= 4 is 0 Å². The molecule has 1 aliphatic carbocycles. The molecule has 1 aromatic rings. The van der Waals surface area contributed by atoms with Crippen molar-refractivity contribution in [2.24, 2.45) is 0 Å². The van der Waals surface area contributed by atoms with Gasteiger partial charge in [-0.1, -0.05) is 32.0 Å². The fourth-order valence-corrected chi connectivity index (χ4v) is 3.73. The second kappa shape index (κ2) is 7.33. The summed E-state index contributed by atoms with van der Waals surface area (Å²) < 4.78 is 18.1. The Morgan fingerprint density at radius 2 is 1.74 bits per heavy atom. The molecule has 0 heterocycles. The predicted octanol–water partition coefficient (Wildman–Crippen LogP) is 4.56. The molecule has 0 radical (unpaired) electrons. The average molecular weight is 320 g/mol. The van der Waals surface area contributed by atoms with Crippen molar-refractivity contribution in [3.8, 4) is 0 Å². The fraction of sp³-hybridized carbons (Fsp3) is 0.700. The van der Waals surface area contributed by atoms with Crippen LogP contribution >= 0.6 is 0 Å². The zero-order valence-electron chi connectivity index (χ0n) is 15.6. The van der Waals surface area contributed by atoms with Gasteiger partial charge in [-0.3, -0.25) is 0 Å². The first-order valence-corrected chi connectivity index (χ1v) is 8.94. The van der Waals surface area contributed by atoms with Gasteiger partial charge < -0.3 is 14.2 Å². The molecule has 0 spiro atoms. The topological polar surface area (TPSA) is 27.7 Å². The Labute approximate surface area is 141 Å². The number of ether oxygens (including phenoxy) is 3. The highest BCUT2D eigenvalue weighted by Gasteiger charge is 2.42.